The fourth-order valence-corrected chi connectivity index (χ4v) is 1.37. The molecule has 0 saturated heterocycles. The van der Waals surface area contributed by atoms with Crippen LogP contribution in [0.4, 0.5) is 13.2 Å². The van der Waals surface area contributed by atoms with Gasteiger partial charge in [0.2, 0.25) is 0 Å². The van der Waals surface area contributed by atoms with Gasteiger partial charge in [-0.1, -0.05) is 18.2 Å². The monoisotopic (exact) mass is 264 g/mol. The maximum absolute atomic E-state index is 11.8. The van der Waals surface area contributed by atoms with Gasteiger partial charge in [0.15, 0.2) is 0 Å². The lowest BCUT2D eigenvalue weighted by Crippen LogP contribution is -2.19. The largest absolute Gasteiger partial charge is 0.491 e. The smallest absolute Gasteiger partial charge is 0.411 e. The second kappa shape index (κ2) is 7.23. The second-order valence-electron chi connectivity index (χ2n) is 3.60. The fourth-order valence-electron chi connectivity index (χ4n) is 1.37. The van der Waals surface area contributed by atoms with E-state index < -0.39 is 12.8 Å². The van der Waals surface area contributed by atoms with E-state index in [2.05, 4.69) is 4.74 Å². The first-order valence-electron chi connectivity index (χ1n) is 5.49. The van der Waals surface area contributed by atoms with E-state index in [1.54, 1.807) is 24.3 Å². The van der Waals surface area contributed by atoms with Gasteiger partial charge in [-0.05, 0) is 18.1 Å². The van der Waals surface area contributed by atoms with E-state index in [1.807, 2.05) is 0 Å². The van der Waals surface area contributed by atoms with E-state index >= 15 is 0 Å². The number of alkyl halides is 3. The number of aliphatic hydroxyl groups excluding tert-OH is 1. The van der Waals surface area contributed by atoms with Crippen LogP contribution in [0, 0.1) is 0 Å². The molecule has 0 atom stereocenters. The first kappa shape index (κ1) is 14.8. The zero-order valence-electron chi connectivity index (χ0n) is 9.74. The lowest BCUT2D eigenvalue weighted by atomic mass is 10.1. The van der Waals surface area contributed by atoms with E-state index in [1.165, 1.54) is 0 Å². The minimum absolute atomic E-state index is 0.00898. The van der Waals surface area contributed by atoms with Crippen molar-refractivity contribution in [3.63, 3.8) is 0 Å². The molecule has 0 aromatic heterocycles. The number of hydrogen-bond acceptors (Lipinski definition) is 3. The van der Waals surface area contributed by atoms with Gasteiger partial charge < -0.3 is 14.6 Å². The Bertz CT molecular complexity index is 353. The molecule has 1 rings (SSSR count). The Morgan fingerprint density at radius 3 is 2.50 bits per heavy atom. The van der Waals surface area contributed by atoms with E-state index in [0.717, 1.165) is 5.56 Å². The number of halogens is 3. The number of hydrogen-bond donors (Lipinski definition) is 1. The highest BCUT2D eigenvalue weighted by Gasteiger charge is 2.27. The molecule has 0 radical (unpaired) electrons. The van der Waals surface area contributed by atoms with Gasteiger partial charge in [-0.2, -0.15) is 13.2 Å². The molecule has 0 spiro atoms. The van der Waals surface area contributed by atoms with Crippen LogP contribution in [0.15, 0.2) is 24.3 Å². The van der Waals surface area contributed by atoms with Gasteiger partial charge in [-0.15, -0.1) is 0 Å². The first-order valence-corrected chi connectivity index (χ1v) is 5.49. The predicted molar refractivity (Wildman–Crippen MR) is 59.6 cm³/mol. The average molecular weight is 264 g/mol. The summed E-state index contributed by atoms with van der Waals surface area (Å²) in [6.45, 7) is -1.37. The molecule has 0 aliphatic carbocycles. The van der Waals surface area contributed by atoms with Gasteiger partial charge >= 0.3 is 6.18 Å². The van der Waals surface area contributed by atoms with Crippen LogP contribution in [-0.4, -0.2) is 37.7 Å². The Labute approximate surface area is 103 Å². The molecule has 6 heteroatoms. The molecule has 18 heavy (non-hydrogen) atoms. The summed E-state index contributed by atoms with van der Waals surface area (Å²) in [5.41, 5.74) is 0.816. The lowest BCUT2D eigenvalue weighted by molar-refractivity contribution is -0.175. The highest BCUT2D eigenvalue weighted by Crippen LogP contribution is 2.18. The van der Waals surface area contributed by atoms with Gasteiger partial charge in [0.05, 0.1) is 6.61 Å². The van der Waals surface area contributed by atoms with E-state index in [-0.39, 0.29) is 19.8 Å². The Hall–Kier alpha value is -1.27. The van der Waals surface area contributed by atoms with Crippen LogP contribution in [0.25, 0.3) is 0 Å². The summed E-state index contributed by atoms with van der Waals surface area (Å²) >= 11 is 0. The molecule has 0 fully saturated rings. The van der Waals surface area contributed by atoms with Crippen LogP contribution in [0.1, 0.15) is 5.56 Å². The van der Waals surface area contributed by atoms with Gasteiger partial charge in [0.25, 0.3) is 0 Å². The summed E-state index contributed by atoms with van der Waals surface area (Å²) in [7, 11) is 0. The molecule has 0 saturated carbocycles. The van der Waals surface area contributed by atoms with Crippen molar-refractivity contribution >= 4 is 0 Å². The molecule has 1 N–H and O–H groups in total. The summed E-state index contributed by atoms with van der Waals surface area (Å²) in [4.78, 5) is 0. The number of para-hydroxylation sites is 1. The molecule has 0 unspecified atom stereocenters. The highest BCUT2D eigenvalue weighted by molar-refractivity contribution is 5.33. The standard InChI is InChI=1S/C12H15F3O3/c13-12(14,15)9-17-7-8-18-11-4-2-1-3-10(11)5-6-16/h1-4,16H,5-9H2. The van der Waals surface area contributed by atoms with E-state index in [4.69, 9.17) is 9.84 Å². The first-order chi connectivity index (χ1) is 8.53. The second-order valence-corrected chi connectivity index (χ2v) is 3.60. The zero-order valence-corrected chi connectivity index (χ0v) is 9.74. The third kappa shape index (κ3) is 5.88. The van der Waals surface area contributed by atoms with Crippen LogP contribution in [-0.2, 0) is 11.2 Å². The van der Waals surface area contributed by atoms with Gasteiger partial charge in [-0.25, -0.2) is 0 Å². The van der Waals surface area contributed by atoms with Gasteiger partial charge in [-0.3, -0.25) is 0 Å². The normalized spacial score (nSPS) is 11.6. The predicted octanol–water partition coefficient (Wildman–Crippen LogP) is 2.18. The van der Waals surface area contributed by atoms with Crippen molar-refractivity contribution in [2.45, 2.75) is 12.6 Å². The number of aliphatic hydroxyl groups is 1. The summed E-state index contributed by atoms with van der Waals surface area (Å²) in [5, 5.41) is 8.84. The molecular weight excluding hydrogens is 249 g/mol. The van der Waals surface area contributed by atoms with Crippen molar-refractivity contribution in [1.29, 1.82) is 0 Å². The molecule has 0 amide bonds. The number of rotatable bonds is 7. The SMILES string of the molecule is OCCc1ccccc1OCCOCC(F)(F)F. The van der Waals surface area contributed by atoms with E-state index in [9.17, 15) is 13.2 Å². The number of ether oxygens (including phenoxy) is 2. The molecule has 0 bridgehead atoms. The van der Waals surface area contributed by atoms with Crippen molar-refractivity contribution in [2.75, 3.05) is 26.4 Å². The van der Waals surface area contributed by atoms with Crippen LogP contribution in [0.5, 0.6) is 5.75 Å². The van der Waals surface area contributed by atoms with Crippen molar-refractivity contribution < 1.29 is 27.8 Å². The van der Waals surface area contributed by atoms with Crippen molar-refractivity contribution in [3.8, 4) is 5.75 Å². The Morgan fingerprint density at radius 1 is 1.11 bits per heavy atom. The Balaban J connectivity index is 2.31. The maximum Gasteiger partial charge on any atom is 0.411 e. The fraction of sp³-hybridized carbons (Fsp3) is 0.500. The maximum atomic E-state index is 11.8. The van der Waals surface area contributed by atoms with E-state index in [0.29, 0.717) is 12.2 Å². The van der Waals surface area contributed by atoms with Gasteiger partial charge in [0.1, 0.15) is 19.0 Å². The third-order valence-electron chi connectivity index (χ3n) is 2.10. The van der Waals surface area contributed by atoms with Crippen molar-refractivity contribution in [2.24, 2.45) is 0 Å². The quantitative estimate of drug-likeness (QED) is 0.767. The number of benzene rings is 1. The summed E-state index contributed by atoms with van der Waals surface area (Å²) in [6.07, 6.45) is -3.87. The van der Waals surface area contributed by atoms with Crippen LogP contribution in [0.3, 0.4) is 0 Å². The topological polar surface area (TPSA) is 38.7 Å². The molecule has 1 aromatic carbocycles. The van der Waals surface area contributed by atoms with Crippen LogP contribution >= 0.6 is 0 Å². The molecule has 0 aliphatic rings. The molecular formula is C12H15F3O3. The summed E-state index contributed by atoms with van der Waals surface area (Å²) in [5.74, 6) is 0.558. The molecule has 1 aromatic rings. The molecule has 102 valence electrons. The molecule has 0 heterocycles. The zero-order chi connectivity index (χ0) is 13.4. The third-order valence-corrected chi connectivity index (χ3v) is 2.10. The Kier molecular flexibility index (Phi) is 5.94. The highest BCUT2D eigenvalue weighted by atomic mass is 19.4. The van der Waals surface area contributed by atoms with Gasteiger partial charge in [0, 0.05) is 6.61 Å². The summed E-state index contributed by atoms with van der Waals surface area (Å²) in [6, 6.07) is 7.06. The minimum atomic E-state index is -4.31. The van der Waals surface area contributed by atoms with Crippen LogP contribution < -0.4 is 4.74 Å². The molecule has 3 nitrogen and oxygen atoms in total. The Morgan fingerprint density at radius 2 is 1.83 bits per heavy atom. The minimum Gasteiger partial charge on any atom is -0.491 e. The summed E-state index contributed by atoms with van der Waals surface area (Å²) < 4.78 is 45.1. The van der Waals surface area contributed by atoms with Crippen LogP contribution in [0.2, 0.25) is 0 Å². The lowest BCUT2D eigenvalue weighted by Gasteiger charge is -2.11. The molecule has 0 aliphatic heterocycles. The average Bonchev–Trinajstić information content (AvgIpc) is 2.29. The van der Waals surface area contributed by atoms with Crippen molar-refractivity contribution in [3.05, 3.63) is 29.8 Å². The van der Waals surface area contributed by atoms with Crippen molar-refractivity contribution in [1.82, 2.24) is 0 Å².